The summed E-state index contributed by atoms with van der Waals surface area (Å²) < 4.78 is 45.0. The fourth-order valence-electron chi connectivity index (χ4n) is 4.09. The summed E-state index contributed by atoms with van der Waals surface area (Å²) in [4.78, 5) is 35.9. The van der Waals surface area contributed by atoms with Gasteiger partial charge in [-0.1, -0.05) is 38.1 Å². The molecule has 2 unspecified atom stereocenters. The molecule has 0 spiro atoms. The monoisotopic (exact) mass is 436 g/mol. The van der Waals surface area contributed by atoms with Crippen molar-refractivity contribution in [2.45, 2.75) is 37.3 Å². The molecule has 11 heteroatoms. The molecule has 1 aliphatic heterocycles. The Morgan fingerprint density at radius 1 is 1.23 bits per heavy atom. The van der Waals surface area contributed by atoms with Crippen LogP contribution in [0.15, 0.2) is 36.4 Å². The molecule has 2 aromatic rings. The number of ether oxygens (including phenoxy) is 1. The second-order valence-corrected chi connectivity index (χ2v) is 7.64. The third kappa shape index (κ3) is 2.59. The lowest BCUT2D eigenvalue weighted by Gasteiger charge is -2.34. The Hall–Kier alpha value is -3.47. The average Bonchev–Trinajstić information content (AvgIpc) is 3.04. The first kappa shape index (κ1) is 20.8. The zero-order valence-electron chi connectivity index (χ0n) is 16.1. The van der Waals surface area contributed by atoms with Crippen LogP contribution in [0.5, 0.6) is 5.75 Å². The van der Waals surface area contributed by atoms with E-state index in [1.807, 2.05) is 13.8 Å². The number of amides is 1. The molecule has 2 aliphatic rings. The van der Waals surface area contributed by atoms with Crippen LogP contribution in [0.2, 0.25) is 0 Å². The quantitative estimate of drug-likeness (QED) is 0.564. The number of rotatable bonds is 3. The van der Waals surface area contributed by atoms with Crippen molar-refractivity contribution >= 4 is 17.4 Å². The van der Waals surface area contributed by atoms with E-state index >= 15 is 0 Å². The van der Waals surface area contributed by atoms with Gasteiger partial charge in [0.25, 0.3) is 11.5 Å². The number of nitro groups is 1. The number of carbonyl (C=O) groups is 2. The summed E-state index contributed by atoms with van der Waals surface area (Å²) in [5.74, 6) is -6.72. The first-order valence-electron chi connectivity index (χ1n) is 9.12. The second kappa shape index (κ2) is 6.27. The zero-order valence-corrected chi connectivity index (χ0v) is 16.1. The Morgan fingerprint density at radius 2 is 1.90 bits per heavy atom. The number of hydrogen-bond acceptors (Lipinski definition) is 6. The standard InChI is InChI=1S/C20H15F3N2O6/c1-9(2)10-6-7-11-14(8-10)31-19(28)12-4-3-5-13(25(29)30)15(12)16(26)18(11,19)24-17(27)20(21,22)23/h3-9,28H,1-2H3,(H,24,27). The number of hydrogen-bond donors (Lipinski definition) is 2. The highest BCUT2D eigenvalue weighted by Gasteiger charge is 2.74. The number of ketones is 1. The minimum Gasteiger partial charge on any atom is -0.454 e. The summed E-state index contributed by atoms with van der Waals surface area (Å²) in [6.07, 6.45) is -5.39. The van der Waals surface area contributed by atoms with Gasteiger partial charge >= 0.3 is 12.1 Å². The molecule has 8 nitrogen and oxygen atoms in total. The molecule has 2 atom stereocenters. The minimum absolute atomic E-state index is 0.0197. The lowest BCUT2D eigenvalue weighted by molar-refractivity contribution is -0.385. The third-order valence-electron chi connectivity index (χ3n) is 5.57. The van der Waals surface area contributed by atoms with E-state index in [2.05, 4.69) is 0 Å². The van der Waals surface area contributed by atoms with Gasteiger partial charge in [-0.15, -0.1) is 0 Å². The van der Waals surface area contributed by atoms with E-state index in [4.69, 9.17) is 4.74 Å². The molecule has 4 rings (SSSR count). The van der Waals surface area contributed by atoms with E-state index in [-0.39, 0.29) is 17.2 Å². The van der Waals surface area contributed by atoms with E-state index in [9.17, 15) is 38.0 Å². The molecule has 1 heterocycles. The summed E-state index contributed by atoms with van der Waals surface area (Å²) in [7, 11) is 0. The summed E-state index contributed by atoms with van der Waals surface area (Å²) >= 11 is 0. The number of alkyl halides is 3. The molecule has 0 saturated carbocycles. The van der Waals surface area contributed by atoms with Gasteiger partial charge in [-0.3, -0.25) is 19.7 Å². The normalized spacial score (nSPS) is 23.8. The van der Waals surface area contributed by atoms with Gasteiger partial charge in [-0.2, -0.15) is 13.2 Å². The van der Waals surface area contributed by atoms with Crippen LogP contribution < -0.4 is 10.1 Å². The topological polar surface area (TPSA) is 119 Å². The van der Waals surface area contributed by atoms with Crippen LogP contribution in [-0.2, 0) is 16.1 Å². The Balaban J connectivity index is 2.02. The molecule has 0 radical (unpaired) electrons. The molecule has 0 bridgehead atoms. The lowest BCUT2D eigenvalue weighted by Crippen LogP contribution is -2.62. The van der Waals surface area contributed by atoms with Crippen molar-refractivity contribution in [2.24, 2.45) is 0 Å². The Labute approximate surface area is 172 Å². The molecule has 31 heavy (non-hydrogen) atoms. The fraction of sp³-hybridized carbons (Fsp3) is 0.300. The van der Waals surface area contributed by atoms with Crippen LogP contribution in [0.25, 0.3) is 0 Å². The Morgan fingerprint density at radius 3 is 2.48 bits per heavy atom. The minimum atomic E-state index is -5.39. The zero-order chi connectivity index (χ0) is 22.9. The third-order valence-corrected chi connectivity index (χ3v) is 5.57. The van der Waals surface area contributed by atoms with Crippen molar-refractivity contribution in [1.29, 1.82) is 0 Å². The van der Waals surface area contributed by atoms with E-state index in [0.29, 0.717) is 5.56 Å². The van der Waals surface area contributed by atoms with Crippen LogP contribution in [0, 0.1) is 10.1 Å². The average molecular weight is 436 g/mol. The van der Waals surface area contributed by atoms with Crippen LogP contribution in [0.3, 0.4) is 0 Å². The highest BCUT2D eigenvalue weighted by molar-refractivity contribution is 6.14. The molecule has 1 amide bonds. The highest BCUT2D eigenvalue weighted by Crippen LogP contribution is 2.59. The highest BCUT2D eigenvalue weighted by atomic mass is 19.4. The molecule has 0 fully saturated rings. The summed E-state index contributed by atoms with van der Waals surface area (Å²) in [6, 6.07) is 7.51. The van der Waals surface area contributed by atoms with E-state index < -0.39 is 50.9 Å². The summed E-state index contributed by atoms with van der Waals surface area (Å²) in [5, 5.41) is 24.5. The fourth-order valence-corrected chi connectivity index (χ4v) is 4.09. The molecular weight excluding hydrogens is 421 g/mol. The van der Waals surface area contributed by atoms with E-state index in [1.54, 1.807) is 5.32 Å². The molecule has 162 valence electrons. The van der Waals surface area contributed by atoms with Crippen molar-refractivity contribution in [2.75, 3.05) is 0 Å². The van der Waals surface area contributed by atoms with E-state index in [0.717, 1.165) is 18.2 Å². The van der Waals surface area contributed by atoms with Gasteiger partial charge in [0.05, 0.1) is 4.92 Å². The first-order chi connectivity index (χ1) is 14.3. The number of benzene rings is 2. The number of aliphatic hydroxyl groups is 1. The summed E-state index contributed by atoms with van der Waals surface area (Å²) in [6.45, 7) is 3.69. The second-order valence-electron chi connectivity index (χ2n) is 7.64. The first-order valence-corrected chi connectivity index (χ1v) is 9.12. The molecule has 2 aromatic carbocycles. The predicted molar refractivity (Wildman–Crippen MR) is 98.4 cm³/mol. The SMILES string of the molecule is CC(C)c1ccc2c(c1)OC1(O)c3cccc([N+](=O)[O-])c3C(=O)C21NC(=O)C(F)(F)F. The van der Waals surface area contributed by atoms with Crippen molar-refractivity contribution in [1.82, 2.24) is 5.32 Å². The van der Waals surface area contributed by atoms with Gasteiger partial charge in [0.15, 0.2) is 0 Å². The van der Waals surface area contributed by atoms with Crippen molar-refractivity contribution < 1.29 is 37.5 Å². The number of nitro benzene ring substituents is 1. The molecule has 1 aliphatic carbocycles. The maximum Gasteiger partial charge on any atom is 0.471 e. The number of Topliss-reactive ketones (excluding diaryl/α,β-unsaturated/α-hetero) is 1. The predicted octanol–water partition coefficient (Wildman–Crippen LogP) is 3.03. The van der Waals surface area contributed by atoms with Crippen LogP contribution in [-0.4, -0.2) is 27.9 Å². The Bertz CT molecular complexity index is 1160. The van der Waals surface area contributed by atoms with Gasteiger partial charge < -0.3 is 15.2 Å². The van der Waals surface area contributed by atoms with Gasteiger partial charge in [-0.25, -0.2) is 0 Å². The van der Waals surface area contributed by atoms with Crippen LogP contribution >= 0.6 is 0 Å². The van der Waals surface area contributed by atoms with Crippen LogP contribution in [0.4, 0.5) is 18.9 Å². The maximum absolute atomic E-state index is 13.4. The molecular formula is C20H15F3N2O6. The van der Waals surface area contributed by atoms with Crippen molar-refractivity contribution in [3.05, 3.63) is 68.8 Å². The Kier molecular flexibility index (Phi) is 4.20. The number of nitrogens with one attached hydrogen (secondary N) is 1. The van der Waals surface area contributed by atoms with Gasteiger partial charge in [-0.05, 0) is 17.5 Å². The molecule has 0 aromatic heterocycles. The summed E-state index contributed by atoms with van der Waals surface area (Å²) in [5.41, 5.74) is -4.04. The molecule has 2 N–H and O–H groups in total. The van der Waals surface area contributed by atoms with Crippen molar-refractivity contribution in [3.8, 4) is 5.75 Å². The smallest absolute Gasteiger partial charge is 0.454 e. The number of carbonyl (C=O) groups excluding carboxylic acids is 2. The maximum atomic E-state index is 13.4. The van der Waals surface area contributed by atoms with Gasteiger partial charge in [0.2, 0.25) is 11.3 Å². The molecule has 0 saturated heterocycles. The largest absolute Gasteiger partial charge is 0.471 e. The van der Waals surface area contributed by atoms with Crippen LogP contribution in [0.1, 0.15) is 46.8 Å². The number of nitrogens with zero attached hydrogens (tertiary/aromatic N) is 1. The van der Waals surface area contributed by atoms with E-state index in [1.165, 1.54) is 18.2 Å². The van der Waals surface area contributed by atoms with Gasteiger partial charge in [0.1, 0.15) is 11.3 Å². The number of fused-ring (bicyclic) bond motifs is 5. The number of halogens is 3. The van der Waals surface area contributed by atoms with Crippen molar-refractivity contribution in [3.63, 3.8) is 0 Å². The van der Waals surface area contributed by atoms with Gasteiger partial charge in [0, 0.05) is 17.2 Å². The lowest BCUT2D eigenvalue weighted by atomic mass is 9.82.